The molecule has 4 atom stereocenters. The van der Waals surface area contributed by atoms with Crippen LogP contribution in [-0.4, -0.2) is 71.3 Å². The highest BCUT2D eigenvalue weighted by atomic mass is 28.4. The number of terminal acetylenes is 1. The molecule has 10 aromatic rings. The highest BCUT2D eigenvalue weighted by Crippen LogP contribution is 2.53. The predicted molar refractivity (Wildman–Crippen MR) is 317 cm³/mol. The number of rotatable bonds is 18. The number of alkyl halides is 1. The molecule has 2 N–H and O–H groups in total. The minimum atomic E-state index is -3.81. The van der Waals surface area contributed by atoms with Crippen LogP contribution in [0.3, 0.4) is 0 Å². The molecule has 11 nitrogen and oxygen atoms in total. The van der Waals surface area contributed by atoms with Crippen LogP contribution in [0.4, 0.5) is 10.2 Å². The van der Waals surface area contributed by atoms with E-state index in [1.807, 2.05) is 206 Å². The summed E-state index contributed by atoms with van der Waals surface area (Å²) < 4.78 is 54.8. The molecule has 3 heterocycles. The molecular weight excluding hydrogens is 1030 g/mol. The summed E-state index contributed by atoms with van der Waals surface area (Å²) >= 11 is 0. The van der Waals surface area contributed by atoms with Crippen molar-refractivity contribution in [3.8, 4) is 23.8 Å². The molecular formula is C68H62FN5O6Si. The van der Waals surface area contributed by atoms with Gasteiger partial charge in [0.15, 0.2) is 29.3 Å². The van der Waals surface area contributed by atoms with Gasteiger partial charge in [-0.15, -0.1) is 6.42 Å². The summed E-state index contributed by atoms with van der Waals surface area (Å²) in [4.78, 5) is 14.6. The van der Waals surface area contributed by atoms with Gasteiger partial charge in [0.2, 0.25) is 5.60 Å². The molecule has 0 amide bonds. The van der Waals surface area contributed by atoms with Crippen molar-refractivity contribution >= 4 is 35.7 Å². The van der Waals surface area contributed by atoms with Gasteiger partial charge < -0.3 is 33.8 Å². The molecule has 0 aliphatic carbocycles. The number of hydrogen-bond donors (Lipinski definition) is 2. The molecule has 11 rings (SSSR count). The number of aromatic nitrogens is 4. The zero-order valence-corrected chi connectivity index (χ0v) is 46.7. The summed E-state index contributed by atoms with van der Waals surface area (Å²) in [5.74, 6) is 1.28. The number of nitrogens with one attached hydrogen (secondary N) is 1. The molecule has 0 saturated carbocycles. The maximum absolute atomic E-state index is 20.2. The number of imidazole rings is 1. The average molecular weight is 1090 g/mol. The van der Waals surface area contributed by atoms with Crippen molar-refractivity contribution in [2.75, 3.05) is 26.1 Å². The Morgan fingerprint density at radius 3 is 1.47 bits per heavy atom. The summed E-state index contributed by atoms with van der Waals surface area (Å²) in [6.07, 6.45) is 5.88. The van der Waals surface area contributed by atoms with Gasteiger partial charge in [-0.25, -0.2) is 19.3 Å². The fraction of sp³-hybridized carbons (Fsp3) is 0.191. The van der Waals surface area contributed by atoms with Crippen LogP contribution in [0.5, 0.6) is 11.5 Å². The number of aliphatic hydroxyl groups is 1. The number of benzene rings is 8. The van der Waals surface area contributed by atoms with Crippen LogP contribution in [0.25, 0.3) is 11.2 Å². The second-order valence-corrected chi connectivity index (χ2v) is 25.5. The van der Waals surface area contributed by atoms with Gasteiger partial charge in [-0.2, -0.15) is 0 Å². The average Bonchev–Trinajstić information content (AvgIpc) is 3.37. The molecule has 0 spiro atoms. The summed E-state index contributed by atoms with van der Waals surface area (Å²) in [6.45, 7) is 5.41. The van der Waals surface area contributed by atoms with Gasteiger partial charge in [0.05, 0.1) is 20.5 Å². The van der Waals surface area contributed by atoms with Crippen molar-refractivity contribution < 1.29 is 32.9 Å². The molecule has 0 unspecified atom stereocenters. The van der Waals surface area contributed by atoms with Gasteiger partial charge in [0, 0.05) is 0 Å². The third-order valence-electron chi connectivity index (χ3n) is 15.6. The molecule has 0 radical (unpaired) electrons. The fourth-order valence-electron chi connectivity index (χ4n) is 11.7. The van der Waals surface area contributed by atoms with Crippen LogP contribution < -0.4 is 25.2 Å². The zero-order chi connectivity index (χ0) is 56.3. The van der Waals surface area contributed by atoms with Crippen molar-refractivity contribution in [3.63, 3.8) is 0 Å². The minimum Gasteiger partial charge on any atom is -0.497 e. The van der Waals surface area contributed by atoms with E-state index in [9.17, 15) is 5.11 Å². The van der Waals surface area contributed by atoms with E-state index < -0.39 is 54.9 Å². The first-order valence-electron chi connectivity index (χ1n) is 26.8. The van der Waals surface area contributed by atoms with Crippen molar-refractivity contribution in [2.45, 2.75) is 60.7 Å². The maximum atomic E-state index is 20.2. The second kappa shape index (κ2) is 22.1. The molecule has 1 saturated heterocycles. The Morgan fingerprint density at radius 1 is 0.605 bits per heavy atom. The highest BCUT2D eigenvalue weighted by molar-refractivity contribution is 6.99. The minimum absolute atomic E-state index is 0.187. The van der Waals surface area contributed by atoms with E-state index in [0.29, 0.717) is 34.0 Å². The Morgan fingerprint density at radius 2 is 1.02 bits per heavy atom. The number of halogens is 1. The van der Waals surface area contributed by atoms with Gasteiger partial charge in [-0.05, 0) is 73.1 Å². The first-order chi connectivity index (χ1) is 39.3. The van der Waals surface area contributed by atoms with Crippen LogP contribution in [0.15, 0.2) is 243 Å². The number of methoxy groups -OCH3 is 2. The van der Waals surface area contributed by atoms with E-state index in [-0.39, 0.29) is 11.2 Å². The Balaban J connectivity index is 1.11. The number of fused-ring (bicyclic) bond motifs is 1. The zero-order valence-electron chi connectivity index (χ0n) is 45.7. The van der Waals surface area contributed by atoms with Crippen molar-refractivity contribution in [1.29, 1.82) is 0 Å². The van der Waals surface area contributed by atoms with E-state index in [2.05, 4.69) is 56.3 Å². The molecule has 13 heteroatoms. The molecule has 1 aliphatic rings. The van der Waals surface area contributed by atoms with Gasteiger partial charge in [-0.1, -0.05) is 233 Å². The summed E-state index contributed by atoms with van der Waals surface area (Å²) in [7, 11) is -0.572. The van der Waals surface area contributed by atoms with E-state index in [1.165, 1.54) is 17.2 Å². The van der Waals surface area contributed by atoms with Gasteiger partial charge in [0.25, 0.3) is 14.2 Å². The van der Waals surface area contributed by atoms with Gasteiger partial charge in [0.1, 0.15) is 35.6 Å². The smallest absolute Gasteiger partial charge is 0.264 e. The topological polar surface area (TPSA) is 122 Å². The Bertz CT molecular complexity index is 3640. The van der Waals surface area contributed by atoms with E-state index in [1.54, 1.807) is 14.2 Å². The van der Waals surface area contributed by atoms with Crippen LogP contribution in [0, 0.1) is 12.3 Å². The van der Waals surface area contributed by atoms with E-state index in [0.717, 1.165) is 27.1 Å². The normalized spacial score (nSPS) is 18.5. The van der Waals surface area contributed by atoms with E-state index in [4.69, 9.17) is 44.7 Å². The molecule has 8 aromatic carbocycles. The van der Waals surface area contributed by atoms with Crippen LogP contribution in [0.2, 0.25) is 5.04 Å². The maximum Gasteiger partial charge on any atom is 0.264 e. The number of anilines is 1. The van der Waals surface area contributed by atoms with Crippen molar-refractivity contribution in [1.82, 2.24) is 19.5 Å². The standard InChI is InChI=1S/C68H62FN5O6Si/c1-7-65(75)62(80-81(64(2,3)4,57-34-22-12-23-35-57)58-36-24-13-25-37-58)66(69,46-78-68(52-30-18-10-19-31-52,53-32-20-11-21-33-53)54-40-44-56(77-6)45-41-54)79-63(65)74-48-72-59-60(70-47-71-61(59)74)73-67(49-26-14-8-15-27-49,50-28-16-9-17-29-50)51-38-42-55(76-5)43-39-51/h1,8-45,47-48,62-63,75H,46H2,2-6H3,(H,70,71,73)/t62-,63+,65+,66+/m0/s1. The van der Waals surface area contributed by atoms with E-state index >= 15 is 4.39 Å². The second-order valence-electron chi connectivity index (χ2n) is 21.2. The Kier molecular flexibility index (Phi) is 14.8. The van der Waals surface area contributed by atoms with Gasteiger partial charge >= 0.3 is 0 Å². The summed E-state index contributed by atoms with van der Waals surface area (Å²) in [6, 6.07) is 74.2. The van der Waals surface area contributed by atoms with Gasteiger partial charge in [-0.3, -0.25) is 4.57 Å². The monoisotopic (exact) mass is 1090 g/mol. The van der Waals surface area contributed by atoms with Crippen LogP contribution in [0.1, 0.15) is 60.4 Å². The molecule has 2 aromatic heterocycles. The molecule has 0 bridgehead atoms. The molecule has 406 valence electrons. The first kappa shape index (κ1) is 54.2. The van der Waals surface area contributed by atoms with Crippen molar-refractivity contribution in [3.05, 3.63) is 277 Å². The number of nitrogens with zero attached hydrogens (tertiary/aromatic N) is 4. The fourth-order valence-corrected chi connectivity index (χ4v) is 16.4. The van der Waals surface area contributed by atoms with Crippen LogP contribution >= 0.6 is 0 Å². The summed E-state index contributed by atoms with van der Waals surface area (Å²) in [5.41, 5.74) is 0.0778. The lowest BCUT2D eigenvalue weighted by atomic mass is 9.77. The summed E-state index contributed by atoms with van der Waals surface area (Å²) in [5, 5.41) is 18.6. The third-order valence-corrected chi connectivity index (χ3v) is 20.6. The lowest BCUT2D eigenvalue weighted by molar-refractivity contribution is -0.225. The number of hydrogen-bond acceptors (Lipinski definition) is 10. The molecule has 81 heavy (non-hydrogen) atoms. The Labute approximate surface area is 473 Å². The largest absolute Gasteiger partial charge is 0.497 e. The quantitative estimate of drug-likeness (QED) is 0.0488. The molecule has 1 aliphatic heterocycles. The SMILES string of the molecule is C#C[C@]1(O)[C@H](n2cnc3c(NC(c4ccccc4)(c4ccccc4)c4ccc(OC)cc4)ncnc32)O[C@](F)(COC(c2ccccc2)(c2ccccc2)c2ccc(OC)cc2)[C@H]1O[Si](c1ccccc1)(c1ccccc1)C(C)(C)C. The van der Waals surface area contributed by atoms with Crippen molar-refractivity contribution in [2.24, 2.45) is 0 Å². The third kappa shape index (κ3) is 9.44. The lowest BCUT2D eigenvalue weighted by Crippen LogP contribution is -2.71. The Hall–Kier alpha value is -8.74. The predicted octanol–water partition coefficient (Wildman–Crippen LogP) is 11.8. The lowest BCUT2D eigenvalue weighted by Gasteiger charge is -2.47. The number of ether oxygens (including phenoxy) is 4. The first-order valence-corrected chi connectivity index (χ1v) is 28.7. The van der Waals surface area contributed by atoms with Crippen LogP contribution in [-0.2, 0) is 25.0 Å². The highest BCUT2D eigenvalue weighted by Gasteiger charge is 2.70. The molecule has 1 fully saturated rings.